The van der Waals surface area contributed by atoms with Crippen LogP contribution in [0.4, 0.5) is 0 Å². The zero-order valence-electron chi connectivity index (χ0n) is 11.8. The molecule has 0 saturated carbocycles. The summed E-state index contributed by atoms with van der Waals surface area (Å²) in [5.74, 6) is -1.38. The average molecular weight is 289 g/mol. The molecule has 1 N–H and O–H groups in total. The summed E-state index contributed by atoms with van der Waals surface area (Å²) in [4.78, 5) is 25.5. The first kappa shape index (κ1) is 14.1. The third-order valence-electron chi connectivity index (χ3n) is 4.30. The van der Waals surface area contributed by atoms with Crippen LogP contribution in [0.2, 0.25) is 0 Å². The van der Waals surface area contributed by atoms with Gasteiger partial charge in [0.25, 0.3) is 5.91 Å². The highest BCUT2D eigenvalue weighted by molar-refractivity contribution is 5.84. The number of aliphatic carboxylic acids is 1. The molecular formula is C16H19NO4. The molecular weight excluding hydrogens is 270 g/mol. The van der Waals surface area contributed by atoms with Crippen molar-refractivity contribution in [3.8, 4) is 0 Å². The Morgan fingerprint density at radius 1 is 1.29 bits per heavy atom. The second-order valence-corrected chi connectivity index (χ2v) is 5.66. The number of amides is 1. The van der Waals surface area contributed by atoms with Crippen molar-refractivity contribution < 1.29 is 19.4 Å². The lowest BCUT2D eigenvalue weighted by Gasteiger charge is -2.35. The number of hydrogen-bond acceptors (Lipinski definition) is 3. The van der Waals surface area contributed by atoms with E-state index in [9.17, 15) is 9.59 Å². The summed E-state index contributed by atoms with van der Waals surface area (Å²) in [6.45, 7) is 1.43. The average Bonchev–Trinajstić information content (AvgIpc) is 2.53. The van der Waals surface area contributed by atoms with Crippen molar-refractivity contribution in [2.75, 3.05) is 19.7 Å². The number of ether oxygens (including phenoxy) is 1. The summed E-state index contributed by atoms with van der Waals surface area (Å²) in [5, 5.41) is 9.14. The number of hydrogen-bond donors (Lipinski definition) is 1. The lowest BCUT2D eigenvalue weighted by atomic mass is 9.94. The molecule has 5 nitrogen and oxygen atoms in total. The van der Waals surface area contributed by atoms with E-state index in [1.165, 1.54) is 0 Å². The molecule has 0 spiro atoms. The molecule has 2 aliphatic heterocycles. The van der Waals surface area contributed by atoms with Crippen LogP contribution in [-0.2, 0) is 20.7 Å². The highest BCUT2D eigenvalue weighted by Gasteiger charge is 2.34. The number of benzene rings is 1. The largest absolute Gasteiger partial charge is 0.481 e. The molecule has 0 radical (unpaired) electrons. The Kier molecular flexibility index (Phi) is 3.92. The molecule has 3 rings (SSSR count). The van der Waals surface area contributed by atoms with Gasteiger partial charge in [-0.2, -0.15) is 0 Å². The molecule has 0 aliphatic carbocycles. The lowest BCUT2D eigenvalue weighted by Crippen LogP contribution is -2.45. The first-order chi connectivity index (χ1) is 10.2. The van der Waals surface area contributed by atoms with Crippen molar-refractivity contribution in [2.24, 2.45) is 5.92 Å². The van der Waals surface area contributed by atoms with Gasteiger partial charge >= 0.3 is 5.97 Å². The van der Waals surface area contributed by atoms with Crippen LogP contribution in [0, 0.1) is 5.92 Å². The summed E-state index contributed by atoms with van der Waals surface area (Å²) in [6, 6.07) is 7.82. The zero-order chi connectivity index (χ0) is 14.8. The van der Waals surface area contributed by atoms with Crippen molar-refractivity contribution in [3.05, 3.63) is 35.4 Å². The Hall–Kier alpha value is -1.88. The van der Waals surface area contributed by atoms with Gasteiger partial charge in [-0.1, -0.05) is 24.3 Å². The number of carbonyl (C=O) groups excluding carboxylic acids is 1. The fraction of sp³-hybridized carbons (Fsp3) is 0.500. The number of fused-ring (bicyclic) bond motifs is 1. The van der Waals surface area contributed by atoms with Crippen LogP contribution in [0.25, 0.3) is 0 Å². The number of rotatable bonds is 2. The molecule has 21 heavy (non-hydrogen) atoms. The van der Waals surface area contributed by atoms with E-state index in [2.05, 4.69) is 0 Å². The molecule has 1 saturated heterocycles. The third kappa shape index (κ3) is 2.78. The molecule has 1 amide bonds. The van der Waals surface area contributed by atoms with Gasteiger partial charge < -0.3 is 14.7 Å². The highest BCUT2D eigenvalue weighted by Crippen LogP contribution is 2.30. The van der Waals surface area contributed by atoms with Crippen LogP contribution in [-0.4, -0.2) is 41.6 Å². The van der Waals surface area contributed by atoms with Crippen LogP contribution >= 0.6 is 0 Å². The predicted octanol–water partition coefficient (Wildman–Crippen LogP) is 1.62. The lowest BCUT2D eigenvalue weighted by molar-refractivity contribution is -0.151. The SMILES string of the molecule is O=C(O)C1CCCN(C(=O)C2OCCc3ccccc32)C1. The first-order valence-corrected chi connectivity index (χ1v) is 7.38. The van der Waals surface area contributed by atoms with E-state index in [-0.39, 0.29) is 12.5 Å². The maximum atomic E-state index is 12.7. The Bertz CT molecular complexity index is 557. The van der Waals surface area contributed by atoms with E-state index in [1.807, 2.05) is 24.3 Å². The molecule has 1 aromatic carbocycles. The van der Waals surface area contributed by atoms with E-state index in [4.69, 9.17) is 9.84 Å². The van der Waals surface area contributed by atoms with Crippen molar-refractivity contribution in [2.45, 2.75) is 25.4 Å². The standard InChI is InChI=1S/C16H19NO4/c18-15(17-8-3-5-12(10-17)16(19)20)14-13-6-2-1-4-11(13)7-9-21-14/h1-2,4,6,12,14H,3,5,7-10H2,(H,19,20). The maximum Gasteiger partial charge on any atom is 0.308 e. The van der Waals surface area contributed by atoms with Crippen molar-refractivity contribution in [1.29, 1.82) is 0 Å². The van der Waals surface area contributed by atoms with Crippen molar-refractivity contribution in [1.82, 2.24) is 4.90 Å². The Labute approximate surface area is 123 Å². The quantitative estimate of drug-likeness (QED) is 0.898. The minimum atomic E-state index is -0.822. The summed E-state index contributed by atoms with van der Waals surface area (Å²) in [5.41, 5.74) is 2.07. The monoisotopic (exact) mass is 289 g/mol. The van der Waals surface area contributed by atoms with Gasteiger partial charge in [-0.25, -0.2) is 0 Å². The van der Waals surface area contributed by atoms with Gasteiger partial charge in [-0.05, 0) is 30.4 Å². The fourth-order valence-corrected chi connectivity index (χ4v) is 3.14. The van der Waals surface area contributed by atoms with Gasteiger partial charge in [0.05, 0.1) is 12.5 Å². The Morgan fingerprint density at radius 3 is 2.90 bits per heavy atom. The van der Waals surface area contributed by atoms with E-state index >= 15 is 0 Å². The van der Waals surface area contributed by atoms with Gasteiger partial charge in [0.1, 0.15) is 0 Å². The van der Waals surface area contributed by atoms with E-state index in [1.54, 1.807) is 4.90 Å². The summed E-state index contributed by atoms with van der Waals surface area (Å²) in [7, 11) is 0. The van der Waals surface area contributed by atoms with Crippen molar-refractivity contribution in [3.63, 3.8) is 0 Å². The minimum Gasteiger partial charge on any atom is -0.481 e. The second kappa shape index (κ2) is 5.85. The van der Waals surface area contributed by atoms with Gasteiger partial charge in [-0.15, -0.1) is 0 Å². The number of piperidine rings is 1. The number of carboxylic acids is 1. The van der Waals surface area contributed by atoms with E-state index in [0.717, 1.165) is 24.0 Å². The first-order valence-electron chi connectivity index (χ1n) is 7.38. The molecule has 2 unspecified atom stereocenters. The minimum absolute atomic E-state index is 0.104. The van der Waals surface area contributed by atoms with Crippen LogP contribution in [0.5, 0.6) is 0 Å². The maximum absolute atomic E-state index is 12.7. The van der Waals surface area contributed by atoms with E-state index in [0.29, 0.717) is 19.6 Å². The molecule has 2 aliphatic rings. The van der Waals surface area contributed by atoms with Crippen LogP contribution in [0.15, 0.2) is 24.3 Å². The van der Waals surface area contributed by atoms with Crippen LogP contribution in [0.3, 0.4) is 0 Å². The zero-order valence-corrected chi connectivity index (χ0v) is 11.8. The molecule has 0 bridgehead atoms. The summed E-state index contributed by atoms with van der Waals surface area (Å²) < 4.78 is 5.68. The van der Waals surface area contributed by atoms with Crippen molar-refractivity contribution >= 4 is 11.9 Å². The number of nitrogens with zero attached hydrogens (tertiary/aromatic N) is 1. The fourth-order valence-electron chi connectivity index (χ4n) is 3.14. The topological polar surface area (TPSA) is 66.8 Å². The van der Waals surface area contributed by atoms with Gasteiger partial charge in [0.2, 0.25) is 0 Å². The predicted molar refractivity (Wildman–Crippen MR) is 75.8 cm³/mol. The molecule has 112 valence electrons. The molecule has 2 atom stereocenters. The van der Waals surface area contributed by atoms with E-state index < -0.39 is 18.0 Å². The normalized spacial score (nSPS) is 25.2. The molecule has 2 heterocycles. The summed E-state index contributed by atoms with van der Waals surface area (Å²) >= 11 is 0. The molecule has 1 fully saturated rings. The van der Waals surface area contributed by atoms with Gasteiger partial charge in [0.15, 0.2) is 6.10 Å². The smallest absolute Gasteiger partial charge is 0.308 e. The number of carbonyl (C=O) groups is 2. The van der Waals surface area contributed by atoms with Gasteiger partial charge in [-0.3, -0.25) is 9.59 Å². The number of likely N-dealkylation sites (tertiary alicyclic amines) is 1. The van der Waals surface area contributed by atoms with Crippen LogP contribution in [0.1, 0.15) is 30.1 Å². The summed E-state index contributed by atoms with van der Waals surface area (Å²) in [6.07, 6.45) is 1.61. The van der Waals surface area contributed by atoms with Crippen LogP contribution < -0.4 is 0 Å². The molecule has 1 aromatic rings. The number of carboxylic acid groups (broad SMARTS) is 1. The Morgan fingerprint density at radius 2 is 2.10 bits per heavy atom. The highest BCUT2D eigenvalue weighted by atomic mass is 16.5. The Balaban J connectivity index is 1.78. The molecule has 0 aromatic heterocycles. The third-order valence-corrected chi connectivity index (χ3v) is 4.30. The molecule has 5 heteroatoms. The second-order valence-electron chi connectivity index (χ2n) is 5.66. The van der Waals surface area contributed by atoms with Gasteiger partial charge in [0, 0.05) is 13.1 Å².